The molecule has 2 nitrogen and oxygen atoms in total. The quantitative estimate of drug-likeness (QED) is 0.782. The van der Waals surface area contributed by atoms with Gasteiger partial charge in [0.25, 0.3) is 0 Å². The third-order valence-corrected chi connectivity index (χ3v) is 3.00. The molecule has 1 aromatic rings. The molecule has 0 unspecified atom stereocenters. The van der Waals surface area contributed by atoms with Crippen molar-refractivity contribution in [1.82, 2.24) is 0 Å². The lowest BCUT2D eigenvalue weighted by Gasteiger charge is -2.03. The van der Waals surface area contributed by atoms with Gasteiger partial charge in [-0.05, 0) is 23.8 Å². The first-order chi connectivity index (χ1) is 7.29. The van der Waals surface area contributed by atoms with E-state index in [1.807, 2.05) is 6.07 Å². The van der Waals surface area contributed by atoms with E-state index in [9.17, 15) is 4.39 Å². The van der Waals surface area contributed by atoms with E-state index in [1.54, 1.807) is 23.9 Å². The highest BCUT2D eigenvalue weighted by molar-refractivity contribution is 7.98. The van der Waals surface area contributed by atoms with Gasteiger partial charge in [-0.1, -0.05) is 12.1 Å². The molecule has 0 amide bonds. The monoisotopic (exact) mass is 225 g/mol. The van der Waals surface area contributed by atoms with Crippen molar-refractivity contribution in [1.29, 1.82) is 5.26 Å². The maximum atomic E-state index is 13.5. The maximum absolute atomic E-state index is 13.5. The fourth-order valence-electron chi connectivity index (χ4n) is 1.13. The van der Waals surface area contributed by atoms with Crippen molar-refractivity contribution in [3.8, 4) is 6.07 Å². The number of benzene rings is 1. The average Bonchev–Trinajstić information content (AvgIpc) is 2.26. The number of nitrogens with zero attached hydrogens (tertiary/aromatic N) is 1. The molecule has 4 heteroatoms. The van der Waals surface area contributed by atoms with Crippen molar-refractivity contribution in [3.05, 3.63) is 35.1 Å². The zero-order valence-corrected chi connectivity index (χ0v) is 9.06. The van der Waals surface area contributed by atoms with Gasteiger partial charge in [0.15, 0.2) is 0 Å². The minimum atomic E-state index is -0.420. The van der Waals surface area contributed by atoms with Gasteiger partial charge in [0, 0.05) is 12.4 Å². The number of rotatable bonds is 5. The molecule has 0 saturated heterocycles. The summed E-state index contributed by atoms with van der Waals surface area (Å²) in [5.41, 5.74) is 0.646. The van der Waals surface area contributed by atoms with Gasteiger partial charge in [0.1, 0.15) is 11.9 Å². The van der Waals surface area contributed by atoms with Crippen LogP contribution in [-0.2, 0) is 5.75 Å². The van der Waals surface area contributed by atoms with Gasteiger partial charge < -0.3 is 5.11 Å². The fourth-order valence-corrected chi connectivity index (χ4v) is 2.05. The second kappa shape index (κ2) is 6.44. The highest BCUT2D eigenvalue weighted by Crippen LogP contribution is 2.18. The van der Waals surface area contributed by atoms with Gasteiger partial charge >= 0.3 is 0 Å². The Hall–Kier alpha value is -1.05. The molecule has 15 heavy (non-hydrogen) atoms. The smallest absolute Gasteiger partial charge is 0.144 e. The zero-order chi connectivity index (χ0) is 11.1. The van der Waals surface area contributed by atoms with Crippen LogP contribution >= 0.6 is 11.8 Å². The molecule has 0 aliphatic carbocycles. The fraction of sp³-hybridized carbons (Fsp3) is 0.364. The Balaban J connectivity index is 2.58. The molecule has 0 aliphatic heterocycles. The maximum Gasteiger partial charge on any atom is 0.144 e. The van der Waals surface area contributed by atoms with Crippen LogP contribution in [0.2, 0.25) is 0 Å². The molecule has 0 fully saturated rings. The molecule has 0 bridgehead atoms. The Morgan fingerprint density at radius 2 is 2.27 bits per heavy atom. The number of thioether (sulfide) groups is 1. The molecule has 1 rings (SSSR count). The van der Waals surface area contributed by atoms with Crippen molar-refractivity contribution in [2.75, 3.05) is 12.4 Å². The van der Waals surface area contributed by atoms with E-state index in [1.165, 1.54) is 6.07 Å². The summed E-state index contributed by atoms with van der Waals surface area (Å²) in [5, 5.41) is 17.2. The molecule has 80 valence electrons. The number of hydrogen-bond donors (Lipinski definition) is 1. The van der Waals surface area contributed by atoms with Gasteiger partial charge in [-0.3, -0.25) is 0 Å². The Morgan fingerprint density at radius 1 is 1.47 bits per heavy atom. The van der Waals surface area contributed by atoms with Crippen molar-refractivity contribution < 1.29 is 9.50 Å². The van der Waals surface area contributed by atoms with Crippen LogP contribution < -0.4 is 0 Å². The second-order valence-corrected chi connectivity index (χ2v) is 4.13. The lowest BCUT2D eigenvalue weighted by atomic mass is 10.1. The van der Waals surface area contributed by atoms with E-state index in [0.717, 1.165) is 5.75 Å². The zero-order valence-electron chi connectivity index (χ0n) is 8.24. The average molecular weight is 225 g/mol. The SMILES string of the molecule is N#Cc1cccc(CSCCCO)c1F. The van der Waals surface area contributed by atoms with E-state index >= 15 is 0 Å². The van der Waals surface area contributed by atoms with Crippen molar-refractivity contribution in [3.63, 3.8) is 0 Å². The summed E-state index contributed by atoms with van der Waals surface area (Å²) in [7, 11) is 0. The molecule has 0 aliphatic rings. The summed E-state index contributed by atoms with van der Waals surface area (Å²) in [4.78, 5) is 0. The van der Waals surface area contributed by atoms with Crippen molar-refractivity contribution >= 4 is 11.8 Å². The number of aliphatic hydroxyl groups is 1. The second-order valence-electron chi connectivity index (χ2n) is 3.02. The molecular formula is C11H12FNOS. The predicted octanol–water partition coefficient (Wildman–Crippen LogP) is 2.31. The lowest BCUT2D eigenvalue weighted by molar-refractivity contribution is 0.296. The molecule has 0 aromatic heterocycles. The number of halogens is 1. The predicted molar refractivity (Wildman–Crippen MR) is 59.0 cm³/mol. The highest BCUT2D eigenvalue weighted by Gasteiger charge is 2.06. The Kier molecular flexibility index (Phi) is 5.16. The molecular weight excluding hydrogens is 213 g/mol. The Bertz CT molecular complexity index is 362. The van der Waals surface area contributed by atoms with E-state index in [2.05, 4.69) is 0 Å². The topological polar surface area (TPSA) is 44.0 Å². The summed E-state index contributed by atoms with van der Waals surface area (Å²) >= 11 is 1.55. The van der Waals surface area contributed by atoms with Crippen LogP contribution in [0.5, 0.6) is 0 Å². The van der Waals surface area contributed by atoms with Crippen LogP contribution in [-0.4, -0.2) is 17.5 Å². The molecule has 1 aromatic carbocycles. The van der Waals surface area contributed by atoms with Crippen LogP contribution in [0, 0.1) is 17.1 Å². The van der Waals surface area contributed by atoms with Gasteiger partial charge in [-0.2, -0.15) is 17.0 Å². The van der Waals surface area contributed by atoms with E-state index in [-0.39, 0.29) is 12.2 Å². The van der Waals surface area contributed by atoms with Crippen molar-refractivity contribution in [2.24, 2.45) is 0 Å². The third kappa shape index (κ3) is 3.54. The van der Waals surface area contributed by atoms with Crippen LogP contribution in [0.4, 0.5) is 4.39 Å². The highest BCUT2D eigenvalue weighted by atomic mass is 32.2. The van der Waals surface area contributed by atoms with Gasteiger partial charge in [-0.15, -0.1) is 0 Å². The number of hydrogen-bond acceptors (Lipinski definition) is 3. The van der Waals surface area contributed by atoms with Gasteiger partial charge in [-0.25, -0.2) is 4.39 Å². The minimum Gasteiger partial charge on any atom is -0.396 e. The number of aliphatic hydroxyl groups excluding tert-OH is 1. The first-order valence-electron chi connectivity index (χ1n) is 4.65. The van der Waals surface area contributed by atoms with E-state index in [4.69, 9.17) is 10.4 Å². The van der Waals surface area contributed by atoms with Gasteiger partial charge in [0.05, 0.1) is 5.56 Å². The summed E-state index contributed by atoms with van der Waals surface area (Å²) in [6, 6.07) is 6.65. The summed E-state index contributed by atoms with van der Waals surface area (Å²) < 4.78 is 13.5. The largest absolute Gasteiger partial charge is 0.396 e. The van der Waals surface area contributed by atoms with Crippen LogP contribution in [0.1, 0.15) is 17.5 Å². The van der Waals surface area contributed by atoms with Crippen LogP contribution in [0.15, 0.2) is 18.2 Å². The summed E-state index contributed by atoms with van der Waals surface area (Å²) in [6.07, 6.45) is 0.713. The van der Waals surface area contributed by atoms with Crippen LogP contribution in [0.3, 0.4) is 0 Å². The first-order valence-corrected chi connectivity index (χ1v) is 5.81. The van der Waals surface area contributed by atoms with Crippen molar-refractivity contribution in [2.45, 2.75) is 12.2 Å². The van der Waals surface area contributed by atoms with Gasteiger partial charge in [0.2, 0.25) is 0 Å². The molecule has 0 heterocycles. The van der Waals surface area contributed by atoms with E-state index in [0.29, 0.717) is 17.7 Å². The standard InChI is InChI=1S/C11H12FNOS/c12-11-9(7-13)3-1-4-10(11)8-15-6-2-5-14/h1,3-4,14H,2,5-6,8H2. The minimum absolute atomic E-state index is 0.0928. The molecule has 1 N–H and O–H groups in total. The molecule has 0 radical (unpaired) electrons. The van der Waals surface area contributed by atoms with Crippen LogP contribution in [0.25, 0.3) is 0 Å². The lowest BCUT2D eigenvalue weighted by Crippen LogP contribution is -1.93. The molecule has 0 saturated carbocycles. The molecule has 0 spiro atoms. The summed E-state index contributed by atoms with van der Waals surface area (Å²) in [5.74, 6) is 0.921. The molecule has 0 atom stereocenters. The third-order valence-electron chi connectivity index (χ3n) is 1.90. The Morgan fingerprint density at radius 3 is 2.93 bits per heavy atom. The number of nitriles is 1. The van der Waals surface area contributed by atoms with E-state index < -0.39 is 5.82 Å². The Labute approximate surface area is 92.7 Å². The normalized spacial score (nSPS) is 9.93. The summed E-state index contributed by atoms with van der Waals surface area (Å²) in [6.45, 7) is 0.160. The first kappa shape index (κ1) is 12.0.